The predicted molar refractivity (Wildman–Crippen MR) is 133 cm³/mol. The second-order valence-corrected chi connectivity index (χ2v) is 9.65. The molecule has 0 aliphatic carbocycles. The lowest BCUT2D eigenvalue weighted by atomic mass is 9.85. The van der Waals surface area contributed by atoms with Crippen LogP contribution >= 0.6 is 0 Å². The molecule has 0 saturated heterocycles. The Kier molecular flexibility index (Phi) is 6.07. The first kappa shape index (κ1) is 24.6. The smallest absolute Gasteiger partial charge is 0.355 e. The van der Waals surface area contributed by atoms with Gasteiger partial charge in [-0.15, -0.1) is 0 Å². The van der Waals surface area contributed by atoms with Gasteiger partial charge in [-0.2, -0.15) is 0 Å². The number of aliphatic carboxylic acids is 1. The van der Waals surface area contributed by atoms with Gasteiger partial charge in [-0.25, -0.2) is 9.78 Å². The zero-order valence-corrected chi connectivity index (χ0v) is 20.7. The molecule has 2 aliphatic rings. The number of benzene rings is 1. The average molecular weight is 506 g/mol. The van der Waals surface area contributed by atoms with Crippen LogP contribution in [-0.4, -0.2) is 44.6 Å². The van der Waals surface area contributed by atoms with Crippen molar-refractivity contribution in [3.63, 3.8) is 0 Å². The molecule has 0 saturated carbocycles. The van der Waals surface area contributed by atoms with Crippen LogP contribution in [0.1, 0.15) is 50.3 Å². The summed E-state index contributed by atoms with van der Waals surface area (Å²) in [7, 11) is 0. The van der Waals surface area contributed by atoms with Crippen molar-refractivity contribution in [2.24, 2.45) is 0 Å². The number of fused-ring (bicyclic) bond motifs is 5. The number of hydrogen-bond donors (Lipinski definition) is 2. The van der Waals surface area contributed by atoms with Gasteiger partial charge in [0, 0.05) is 22.6 Å². The first-order valence-corrected chi connectivity index (χ1v) is 12.2. The first-order valence-electron chi connectivity index (χ1n) is 12.2. The van der Waals surface area contributed by atoms with Gasteiger partial charge in [0.05, 0.1) is 35.4 Å². The number of nitrogens with zero attached hydrogens (tertiary/aromatic N) is 2. The molecule has 0 radical (unpaired) electrons. The summed E-state index contributed by atoms with van der Waals surface area (Å²) in [6.07, 6.45) is -0.539. The van der Waals surface area contributed by atoms with Crippen LogP contribution in [0.15, 0.2) is 41.2 Å². The van der Waals surface area contributed by atoms with Crippen molar-refractivity contribution >= 4 is 28.8 Å². The molecule has 0 bridgehead atoms. The van der Waals surface area contributed by atoms with Crippen LogP contribution in [0.3, 0.4) is 0 Å². The minimum absolute atomic E-state index is 0.00700. The van der Waals surface area contributed by atoms with Crippen molar-refractivity contribution in [1.29, 1.82) is 0 Å². The lowest BCUT2D eigenvalue weighted by Crippen LogP contribution is -2.51. The van der Waals surface area contributed by atoms with Crippen LogP contribution in [-0.2, 0) is 42.6 Å². The Bertz CT molecular complexity index is 1510. The van der Waals surface area contributed by atoms with Crippen molar-refractivity contribution in [3.8, 4) is 11.4 Å². The second kappa shape index (κ2) is 9.11. The predicted octanol–water partition coefficient (Wildman–Crippen LogP) is 2.47. The van der Waals surface area contributed by atoms with E-state index in [1.54, 1.807) is 31.4 Å². The molecule has 0 unspecified atom stereocenters. The van der Waals surface area contributed by atoms with Gasteiger partial charge in [0.1, 0.15) is 12.6 Å². The minimum Gasteiger partial charge on any atom is -0.481 e. The summed E-state index contributed by atoms with van der Waals surface area (Å²) < 4.78 is 12.7. The van der Waals surface area contributed by atoms with Gasteiger partial charge in [0.15, 0.2) is 0 Å². The maximum atomic E-state index is 13.6. The molecule has 5 rings (SSSR count). The molecule has 1 aromatic carbocycles. The molecule has 37 heavy (non-hydrogen) atoms. The molecule has 192 valence electrons. The topological polar surface area (TPSA) is 137 Å². The quantitative estimate of drug-likeness (QED) is 0.363. The SMILES string of the molecule is CC[C@@]1(OC(=O)[C@@H](CC(=O)O)NC(C)C)C(=O)OCc2c1cc1n(c2=O)Cc2cc3ccccc3nc2-1. The molecule has 2 aliphatic heterocycles. The van der Waals surface area contributed by atoms with Crippen molar-refractivity contribution in [2.45, 2.75) is 64.4 Å². The highest BCUT2D eigenvalue weighted by atomic mass is 16.6. The van der Waals surface area contributed by atoms with E-state index in [9.17, 15) is 24.3 Å². The molecule has 0 spiro atoms. The Morgan fingerprint density at radius 1 is 1.24 bits per heavy atom. The number of carbonyl (C=O) groups is 3. The molecule has 0 fully saturated rings. The van der Waals surface area contributed by atoms with Crippen molar-refractivity contribution in [1.82, 2.24) is 14.9 Å². The number of carboxylic acid groups (broad SMARTS) is 1. The van der Waals surface area contributed by atoms with Crippen molar-refractivity contribution in [3.05, 3.63) is 63.4 Å². The summed E-state index contributed by atoms with van der Waals surface area (Å²) in [6.45, 7) is 5.25. The molecule has 10 heteroatoms. The summed E-state index contributed by atoms with van der Waals surface area (Å²) in [6, 6.07) is 9.90. The Balaban J connectivity index is 1.63. The number of cyclic esters (lactones) is 1. The number of rotatable bonds is 7. The largest absolute Gasteiger partial charge is 0.481 e. The standard InChI is InChI=1S/C27H27N3O7/c1-4-27(37-25(34)20(11-22(31)32)28-14(2)3)18-10-21-23-16(9-15-7-5-6-8-19(15)29-23)12-30(21)24(33)17(18)13-36-26(27)35/h5-10,14,20,28H,4,11-13H2,1-3H3,(H,31,32)/t20-,27+/m1/s1. The molecule has 2 atom stereocenters. The maximum absolute atomic E-state index is 13.6. The molecule has 10 nitrogen and oxygen atoms in total. The molecule has 2 aromatic heterocycles. The number of para-hydroxylation sites is 1. The summed E-state index contributed by atoms with van der Waals surface area (Å²) in [5.41, 5.74) is 1.01. The maximum Gasteiger partial charge on any atom is 0.355 e. The lowest BCUT2D eigenvalue weighted by molar-refractivity contribution is -0.191. The Morgan fingerprint density at radius 2 is 2.00 bits per heavy atom. The van der Waals surface area contributed by atoms with E-state index >= 15 is 0 Å². The van der Waals surface area contributed by atoms with E-state index in [0.29, 0.717) is 17.9 Å². The Morgan fingerprint density at radius 3 is 2.70 bits per heavy atom. The van der Waals surface area contributed by atoms with E-state index in [2.05, 4.69) is 5.32 Å². The monoisotopic (exact) mass is 505 g/mol. The van der Waals surface area contributed by atoms with Gasteiger partial charge in [0.2, 0.25) is 5.60 Å². The molecule has 0 amide bonds. The fourth-order valence-corrected chi connectivity index (χ4v) is 5.11. The summed E-state index contributed by atoms with van der Waals surface area (Å²) in [4.78, 5) is 56.2. The number of aromatic nitrogens is 2. The molecule has 3 aromatic rings. The van der Waals surface area contributed by atoms with Crippen LogP contribution in [0, 0.1) is 0 Å². The van der Waals surface area contributed by atoms with Crippen LogP contribution in [0.4, 0.5) is 0 Å². The fraction of sp³-hybridized carbons (Fsp3) is 0.370. The van der Waals surface area contributed by atoms with Gasteiger partial charge in [-0.05, 0) is 24.6 Å². The third kappa shape index (κ3) is 4.07. The number of ether oxygens (including phenoxy) is 2. The van der Waals surface area contributed by atoms with Gasteiger partial charge in [-0.1, -0.05) is 39.0 Å². The average Bonchev–Trinajstić information content (AvgIpc) is 3.21. The van der Waals surface area contributed by atoms with Crippen LogP contribution in [0.2, 0.25) is 0 Å². The van der Waals surface area contributed by atoms with E-state index < -0.39 is 36.0 Å². The number of esters is 2. The fourth-order valence-electron chi connectivity index (χ4n) is 5.11. The summed E-state index contributed by atoms with van der Waals surface area (Å²) >= 11 is 0. The number of pyridine rings is 2. The Labute approximate surface area is 212 Å². The first-order chi connectivity index (χ1) is 17.6. The third-order valence-electron chi connectivity index (χ3n) is 6.86. The minimum atomic E-state index is -1.89. The third-order valence-corrected chi connectivity index (χ3v) is 6.86. The zero-order valence-electron chi connectivity index (χ0n) is 20.7. The van der Waals surface area contributed by atoms with Crippen molar-refractivity contribution < 1.29 is 29.0 Å². The number of hydrogen-bond acceptors (Lipinski definition) is 8. The van der Waals surface area contributed by atoms with Crippen molar-refractivity contribution in [2.75, 3.05) is 0 Å². The van der Waals surface area contributed by atoms with E-state index in [1.165, 1.54) is 0 Å². The molecular formula is C27H27N3O7. The van der Waals surface area contributed by atoms with E-state index in [1.807, 2.05) is 30.3 Å². The Hall–Kier alpha value is -4.05. The second-order valence-electron chi connectivity index (χ2n) is 9.65. The van der Waals surface area contributed by atoms with E-state index in [-0.39, 0.29) is 35.8 Å². The summed E-state index contributed by atoms with van der Waals surface area (Å²) in [5.74, 6) is -2.91. The number of carbonyl (C=O) groups excluding carboxylic acids is 2. The number of carboxylic acids is 1. The van der Waals surface area contributed by atoms with Gasteiger partial charge in [-0.3, -0.25) is 14.4 Å². The van der Waals surface area contributed by atoms with Crippen LogP contribution in [0.5, 0.6) is 0 Å². The highest BCUT2D eigenvalue weighted by molar-refractivity contribution is 5.90. The van der Waals surface area contributed by atoms with E-state index in [0.717, 1.165) is 16.5 Å². The molecular weight excluding hydrogens is 478 g/mol. The van der Waals surface area contributed by atoms with Crippen LogP contribution < -0.4 is 10.9 Å². The van der Waals surface area contributed by atoms with Crippen LogP contribution in [0.25, 0.3) is 22.3 Å². The lowest BCUT2D eigenvalue weighted by Gasteiger charge is -2.36. The molecule has 2 N–H and O–H groups in total. The number of nitrogens with one attached hydrogen (secondary N) is 1. The zero-order chi connectivity index (χ0) is 26.5. The normalized spacial score (nSPS) is 18.6. The van der Waals surface area contributed by atoms with Gasteiger partial charge >= 0.3 is 17.9 Å². The summed E-state index contributed by atoms with van der Waals surface area (Å²) in [5, 5.41) is 13.1. The highest BCUT2D eigenvalue weighted by Gasteiger charge is 2.51. The molecule has 4 heterocycles. The highest BCUT2D eigenvalue weighted by Crippen LogP contribution is 2.41. The van der Waals surface area contributed by atoms with E-state index in [4.69, 9.17) is 14.5 Å². The van der Waals surface area contributed by atoms with Gasteiger partial charge in [0.25, 0.3) is 5.56 Å². The van der Waals surface area contributed by atoms with Gasteiger partial charge < -0.3 is 24.5 Å².